The SMILES string of the molecule is O=C(OCCCF)OCC(F)(F)[C@@H](F)C(F)(F)F. The molecule has 0 N–H and O–H groups in total. The predicted octanol–water partition coefficient (Wildman–Crippen LogP) is 3.03. The van der Waals surface area contributed by atoms with Gasteiger partial charge in [-0.2, -0.15) is 22.0 Å². The zero-order chi connectivity index (χ0) is 14.4. The summed E-state index contributed by atoms with van der Waals surface area (Å²) in [7, 11) is 0. The number of rotatable bonds is 6. The van der Waals surface area contributed by atoms with Crippen LogP contribution < -0.4 is 0 Å². The van der Waals surface area contributed by atoms with Crippen LogP contribution in [0.15, 0.2) is 0 Å². The maximum atomic E-state index is 12.6. The Morgan fingerprint density at radius 1 is 1.11 bits per heavy atom. The average Bonchev–Trinajstić information content (AvgIpc) is 2.24. The topological polar surface area (TPSA) is 35.5 Å². The lowest BCUT2D eigenvalue weighted by Gasteiger charge is -2.21. The normalized spacial score (nSPS) is 14.2. The van der Waals surface area contributed by atoms with Crippen molar-refractivity contribution in [3.05, 3.63) is 0 Å². The predicted molar refractivity (Wildman–Crippen MR) is 43.8 cm³/mol. The van der Waals surface area contributed by atoms with Crippen molar-refractivity contribution >= 4 is 6.16 Å². The largest absolute Gasteiger partial charge is 0.508 e. The number of ether oxygens (including phenoxy) is 2. The van der Waals surface area contributed by atoms with Gasteiger partial charge in [-0.05, 0) is 0 Å². The molecule has 0 aliphatic carbocycles. The monoisotopic (exact) mass is 286 g/mol. The molecule has 0 aromatic carbocycles. The highest BCUT2D eigenvalue weighted by Gasteiger charge is 2.57. The van der Waals surface area contributed by atoms with Crippen LogP contribution in [0.5, 0.6) is 0 Å². The third-order valence-corrected chi connectivity index (χ3v) is 1.54. The first kappa shape index (κ1) is 16.8. The molecule has 0 saturated carbocycles. The van der Waals surface area contributed by atoms with Gasteiger partial charge in [0.2, 0.25) is 0 Å². The second-order valence-electron chi connectivity index (χ2n) is 3.09. The highest BCUT2D eigenvalue weighted by Crippen LogP contribution is 2.35. The van der Waals surface area contributed by atoms with Gasteiger partial charge in [0, 0.05) is 6.42 Å². The lowest BCUT2D eigenvalue weighted by Crippen LogP contribution is -2.45. The summed E-state index contributed by atoms with van der Waals surface area (Å²) < 4.78 is 91.5. The van der Waals surface area contributed by atoms with Crippen LogP contribution in [0.3, 0.4) is 0 Å². The first-order chi connectivity index (χ1) is 8.11. The van der Waals surface area contributed by atoms with Crippen LogP contribution in [0.4, 0.5) is 35.5 Å². The molecular weight excluding hydrogens is 277 g/mol. The van der Waals surface area contributed by atoms with Crippen LogP contribution in [0.1, 0.15) is 6.42 Å². The summed E-state index contributed by atoms with van der Waals surface area (Å²) in [6.45, 7) is -3.45. The van der Waals surface area contributed by atoms with Gasteiger partial charge in [0.05, 0.1) is 13.3 Å². The highest BCUT2D eigenvalue weighted by molar-refractivity contribution is 5.59. The van der Waals surface area contributed by atoms with Crippen LogP contribution in [-0.2, 0) is 9.47 Å². The zero-order valence-corrected chi connectivity index (χ0v) is 8.78. The van der Waals surface area contributed by atoms with Gasteiger partial charge in [-0.1, -0.05) is 0 Å². The van der Waals surface area contributed by atoms with E-state index in [1.807, 2.05) is 0 Å². The summed E-state index contributed by atoms with van der Waals surface area (Å²) in [4.78, 5) is 10.5. The fraction of sp³-hybridized carbons (Fsp3) is 0.875. The smallest absolute Gasteiger partial charge is 0.434 e. The van der Waals surface area contributed by atoms with E-state index in [1.165, 1.54) is 0 Å². The Labute approximate surface area is 96.8 Å². The van der Waals surface area contributed by atoms with Crippen molar-refractivity contribution in [1.29, 1.82) is 0 Å². The standard InChI is InChI=1S/C8H9F7O3/c9-2-1-3-17-6(16)18-4-7(11,12)5(10)8(13,14)15/h5H,1-4H2/t5-/m1/s1. The summed E-state index contributed by atoms with van der Waals surface area (Å²) in [5.74, 6) is -4.92. The first-order valence-corrected chi connectivity index (χ1v) is 4.55. The minimum atomic E-state index is -5.77. The summed E-state index contributed by atoms with van der Waals surface area (Å²) >= 11 is 0. The zero-order valence-electron chi connectivity index (χ0n) is 8.78. The quantitative estimate of drug-likeness (QED) is 0.428. The molecule has 0 aliphatic rings. The molecule has 18 heavy (non-hydrogen) atoms. The molecule has 10 heteroatoms. The molecule has 0 bridgehead atoms. The maximum Gasteiger partial charge on any atom is 0.508 e. The van der Waals surface area contributed by atoms with Crippen molar-refractivity contribution in [2.24, 2.45) is 0 Å². The number of hydrogen-bond acceptors (Lipinski definition) is 3. The van der Waals surface area contributed by atoms with Gasteiger partial charge >= 0.3 is 18.3 Å². The third kappa shape index (κ3) is 5.92. The van der Waals surface area contributed by atoms with Gasteiger partial charge < -0.3 is 9.47 Å². The summed E-state index contributed by atoms with van der Waals surface area (Å²) in [5, 5.41) is 0. The van der Waals surface area contributed by atoms with E-state index in [-0.39, 0.29) is 6.42 Å². The fourth-order valence-electron chi connectivity index (χ4n) is 0.719. The van der Waals surface area contributed by atoms with Gasteiger partial charge in [0.25, 0.3) is 6.17 Å². The molecule has 3 nitrogen and oxygen atoms in total. The summed E-state index contributed by atoms with van der Waals surface area (Å²) in [5.41, 5.74) is 0. The van der Waals surface area contributed by atoms with E-state index in [2.05, 4.69) is 9.47 Å². The Morgan fingerprint density at radius 3 is 2.11 bits per heavy atom. The minimum Gasteiger partial charge on any atom is -0.434 e. The van der Waals surface area contributed by atoms with E-state index in [0.29, 0.717) is 0 Å². The molecule has 0 aliphatic heterocycles. The molecule has 1 atom stereocenters. The molecule has 0 spiro atoms. The van der Waals surface area contributed by atoms with Crippen molar-refractivity contribution < 1.29 is 45.0 Å². The van der Waals surface area contributed by atoms with Crippen molar-refractivity contribution in [1.82, 2.24) is 0 Å². The van der Waals surface area contributed by atoms with Crippen molar-refractivity contribution in [2.75, 3.05) is 19.9 Å². The first-order valence-electron chi connectivity index (χ1n) is 4.55. The van der Waals surface area contributed by atoms with Crippen LogP contribution in [0, 0.1) is 0 Å². The molecule has 0 unspecified atom stereocenters. The molecule has 0 rings (SSSR count). The van der Waals surface area contributed by atoms with Crippen LogP contribution in [0.2, 0.25) is 0 Å². The van der Waals surface area contributed by atoms with Crippen molar-refractivity contribution in [2.45, 2.75) is 24.7 Å². The maximum absolute atomic E-state index is 12.6. The van der Waals surface area contributed by atoms with Gasteiger partial charge in [-0.3, -0.25) is 4.39 Å². The second kappa shape index (κ2) is 6.64. The molecule has 0 radical (unpaired) electrons. The molecular formula is C8H9F7O3. The Balaban J connectivity index is 4.14. The fourth-order valence-corrected chi connectivity index (χ4v) is 0.719. The van der Waals surface area contributed by atoms with E-state index >= 15 is 0 Å². The lowest BCUT2D eigenvalue weighted by atomic mass is 10.2. The Hall–Kier alpha value is -1.22. The van der Waals surface area contributed by atoms with Crippen LogP contribution in [-0.4, -0.2) is 44.3 Å². The lowest BCUT2D eigenvalue weighted by molar-refractivity contribution is -0.252. The number of carbonyl (C=O) groups is 1. The summed E-state index contributed by atoms with van der Waals surface area (Å²) in [6.07, 6.45) is -12.2. The Morgan fingerprint density at radius 2 is 1.67 bits per heavy atom. The van der Waals surface area contributed by atoms with E-state index in [1.54, 1.807) is 0 Å². The van der Waals surface area contributed by atoms with Crippen LogP contribution in [0.25, 0.3) is 0 Å². The van der Waals surface area contributed by atoms with Gasteiger partial charge in [-0.25, -0.2) is 9.18 Å². The molecule has 0 heterocycles. The number of alkyl halides is 7. The van der Waals surface area contributed by atoms with Crippen LogP contribution >= 0.6 is 0 Å². The molecule has 0 fully saturated rings. The van der Waals surface area contributed by atoms with Crippen molar-refractivity contribution in [3.8, 4) is 0 Å². The average molecular weight is 286 g/mol. The second-order valence-corrected chi connectivity index (χ2v) is 3.09. The van der Waals surface area contributed by atoms with Gasteiger partial charge in [0.15, 0.2) is 6.61 Å². The number of carbonyl (C=O) groups excluding carboxylic acids is 1. The Bertz CT molecular complexity index is 266. The van der Waals surface area contributed by atoms with E-state index in [0.717, 1.165) is 0 Å². The molecule has 0 aromatic rings. The van der Waals surface area contributed by atoms with Gasteiger partial charge in [-0.15, -0.1) is 0 Å². The van der Waals surface area contributed by atoms with Crippen molar-refractivity contribution in [3.63, 3.8) is 0 Å². The number of hydrogen-bond donors (Lipinski definition) is 0. The Kier molecular flexibility index (Phi) is 6.19. The summed E-state index contributed by atoms with van der Waals surface area (Å²) in [6, 6.07) is 0. The molecule has 0 amide bonds. The minimum absolute atomic E-state index is 0.222. The number of halogens is 7. The third-order valence-electron chi connectivity index (χ3n) is 1.54. The van der Waals surface area contributed by atoms with E-state index < -0.39 is 44.3 Å². The van der Waals surface area contributed by atoms with E-state index in [9.17, 15) is 35.5 Å². The molecule has 108 valence electrons. The van der Waals surface area contributed by atoms with E-state index in [4.69, 9.17) is 0 Å². The molecule has 0 saturated heterocycles. The van der Waals surface area contributed by atoms with Gasteiger partial charge in [0.1, 0.15) is 0 Å². The molecule has 0 aromatic heterocycles. The highest BCUT2D eigenvalue weighted by atomic mass is 19.4.